The average molecular weight is 310 g/mol. The Labute approximate surface area is 134 Å². The number of anilines is 1. The zero-order valence-electron chi connectivity index (χ0n) is 13.0. The lowest BCUT2D eigenvalue weighted by molar-refractivity contribution is 0.398. The van der Waals surface area contributed by atoms with E-state index in [-0.39, 0.29) is 0 Å². The van der Waals surface area contributed by atoms with Crippen molar-refractivity contribution in [3.63, 3.8) is 0 Å². The van der Waals surface area contributed by atoms with Crippen LogP contribution in [0.15, 0.2) is 48.8 Å². The monoisotopic (exact) mass is 310 g/mol. The lowest BCUT2D eigenvalue weighted by atomic mass is 10.1. The maximum Gasteiger partial charge on any atom is 0.213 e. The lowest BCUT2D eigenvalue weighted by Crippen LogP contribution is -2.00. The van der Waals surface area contributed by atoms with Gasteiger partial charge in [0.2, 0.25) is 5.88 Å². The van der Waals surface area contributed by atoms with Crippen molar-refractivity contribution in [2.45, 2.75) is 6.54 Å². The molecule has 0 fully saturated rings. The summed E-state index contributed by atoms with van der Waals surface area (Å²) in [6, 6.07) is 11.6. The van der Waals surface area contributed by atoms with Crippen molar-refractivity contribution < 1.29 is 9.47 Å². The van der Waals surface area contributed by atoms with Gasteiger partial charge in [0.15, 0.2) is 0 Å². The molecular formula is C17H18N4O2. The van der Waals surface area contributed by atoms with Crippen LogP contribution >= 0.6 is 0 Å². The van der Waals surface area contributed by atoms with E-state index in [0.717, 1.165) is 28.3 Å². The van der Waals surface area contributed by atoms with Gasteiger partial charge in [-0.15, -0.1) is 0 Å². The number of benzene rings is 1. The van der Waals surface area contributed by atoms with E-state index in [0.29, 0.717) is 12.4 Å². The Morgan fingerprint density at radius 3 is 2.48 bits per heavy atom. The van der Waals surface area contributed by atoms with E-state index in [2.05, 4.69) is 20.5 Å². The number of pyridine rings is 1. The minimum absolute atomic E-state index is 0.595. The first-order chi connectivity index (χ1) is 11.3. The van der Waals surface area contributed by atoms with Crippen LogP contribution in [0.4, 0.5) is 5.69 Å². The van der Waals surface area contributed by atoms with E-state index in [1.165, 1.54) is 0 Å². The molecule has 3 rings (SSSR count). The molecule has 2 N–H and O–H groups in total. The molecule has 0 saturated carbocycles. The van der Waals surface area contributed by atoms with Gasteiger partial charge in [0.05, 0.1) is 38.0 Å². The first-order valence-electron chi connectivity index (χ1n) is 7.20. The maximum absolute atomic E-state index is 5.19. The van der Waals surface area contributed by atoms with Crippen LogP contribution in [-0.2, 0) is 6.54 Å². The van der Waals surface area contributed by atoms with Crippen LogP contribution < -0.4 is 14.8 Å². The number of methoxy groups -OCH3 is 2. The standard InChI is InChI=1S/C17H18N4O2/c1-22-15-6-3-12(4-7-15)17-13(10-20-21-17)9-18-14-5-8-16(23-2)19-11-14/h3-8,10-11,18H,9H2,1-2H3,(H,20,21). The van der Waals surface area contributed by atoms with Crippen molar-refractivity contribution in [1.29, 1.82) is 0 Å². The highest BCUT2D eigenvalue weighted by molar-refractivity contribution is 5.64. The molecule has 2 aromatic heterocycles. The molecule has 23 heavy (non-hydrogen) atoms. The fourth-order valence-electron chi connectivity index (χ4n) is 2.26. The van der Waals surface area contributed by atoms with E-state index in [9.17, 15) is 0 Å². The molecule has 0 aliphatic rings. The topological polar surface area (TPSA) is 72.1 Å². The number of aromatic nitrogens is 3. The summed E-state index contributed by atoms with van der Waals surface area (Å²) in [5.74, 6) is 1.43. The van der Waals surface area contributed by atoms with Gasteiger partial charge in [0.1, 0.15) is 5.75 Å². The van der Waals surface area contributed by atoms with Crippen LogP contribution in [0.5, 0.6) is 11.6 Å². The van der Waals surface area contributed by atoms with Gasteiger partial charge in [-0.2, -0.15) is 5.10 Å². The Kier molecular flexibility index (Phi) is 4.42. The molecule has 0 bridgehead atoms. The number of rotatable bonds is 6. The second kappa shape index (κ2) is 6.83. The van der Waals surface area contributed by atoms with E-state index in [4.69, 9.17) is 9.47 Å². The summed E-state index contributed by atoms with van der Waals surface area (Å²) >= 11 is 0. The molecule has 0 radical (unpaired) electrons. The predicted octanol–water partition coefficient (Wildman–Crippen LogP) is 3.10. The molecule has 3 aromatic rings. The first kappa shape index (κ1) is 14.9. The number of nitrogens with one attached hydrogen (secondary N) is 2. The van der Waals surface area contributed by atoms with Crippen LogP contribution in [0.25, 0.3) is 11.3 Å². The Bertz CT molecular complexity index is 751. The van der Waals surface area contributed by atoms with E-state index in [1.807, 2.05) is 42.6 Å². The minimum Gasteiger partial charge on any atom is -0.497 e. The van der Waals surface area contributed by atoms with E-state index in [1.54, 1.807) is 20.4 Å². The minimum atomic E-state index is 0.595. The van der Waals surface area contributed by atoms with Crippen LogP contribution in [0.1, 0.15) is 5.56 Å². The van der Waals surface area contributed by atoms with Gasteiger partial charge >= 0.3 is 0 Å². The van der Waals surface area contributed by atoms with Crippen LogP contribution in [-0.4, -0.2) is 29.4 Å². The summed E-state index contributed by atoms with van der Waals surface area (Å²) in [4.78, 5) is 4.17. The van der Waals surface area contributed by atoms with Crippen LogP contribution in [0, 0.1) is 0 Å². The van der Waals surface area contributed by atoms with Gasteiger partial charge in [-0.3, -0.25) is 5.10 Å². The summed E-state index contributed by atoms with van der Waals surface area (Å²) in [5.41, 5.74) is 4.05. The molecule has 6 heteroatoms. The summed E-state index contributed by atoms with van der Waals surface area (Å²) in [6.07, 6.45) is 3.56. The van der Waals surface area contributed by atoms with Crippen molar-refractivity contribution in [2.75, 3.05) is 19.5 Å². The third-order valence-electron chi connectivity index (χ3n) is 3.52. The molecule has 0 amide bonds. The largest absolute Gasteiger partial charge is 0.497 e. The predicted molar refractivity (Wildman–Crippen MR) is 88.7 cm³/mol. The first-order valence-corrected chi connectivity index (χ1v) is 7.20. The summed E-state index contributed by atoms with van der Waals surface area (Å²) in [5, 5.41) is 10.5. The molecule has 0 spiro atoms. The molecule has 0 aliphatic heterocycles. The number of H-pyrrole nitrogens is 1. The second-order valence-corrected chi connectivity index (χ2v) is 4.94. The average Bonchev–Trinajstić information content (AvgIpc) is 3.09. The van der Waals surface area contributed by atoms with Crippen LogP contribution in [0.3, 0.4) is 0 Å². The Morgan fingerprint density at radius 2 is 1.83 bits per heavy atom. The molecule has 118 valence electrons. The normalized spacial score (nSPS) is 10.3. The van der Waals surface area contributed by atoms with E-state index < -0.39 is 0 Å². The highest BCUT2D eigenvalue weighted by atomic mass is 16.5. The van der Waals surface area contributed by atoms with Gasteiger partial charge in [0, 0.05) is 23.7 Å². The smallest absolute Gasteiger partial charge is 0.213 e. The summed E-state index contributed by atoms with van der Waals surface area (Å²) in [7, 11) is 3.26. The fraction of sp³-hybridized carbons (Fsp3) is 0.176. The number of nitrogens with zero attached hydrogens (tertiary/aromatic N) is 2. The number of aromatic amines is 1. The van der Waals surface area contributed by atoms with Crippen molar-refractivity contribution in [3.05, 3.63) is 54.4 Å². The third kappa shape index (κ3) is 3.42. The van der Waals surface area contributed by atoms with Gasteiger partial charge in [0.25, 0.3) is 0 Å². The fourth-order valence-corrected chi connectivity index (χ4v) is 2.26. The highest BCUT2D eigenvalue weighted by Gasteiger charge is 2.08. The second-order valence-electron chi connectivity index (χ2n) is 4.94. The van der Waals surface area contributed by atoms with Gasteiger partial charge in [-0.05, 0) is 30.3 Å². The van der Waals surface area contributed by atoms with Crippen LogP contribution in [0.2, 0.25) is 0 Å². The van der Waals surface area contributed by atoms with Crippen molar-refractivity contribution >= 4 is 5.69 Å². The molecule has 0 unspecified atom stereocenters. The maximum atomic E-state index is 5.19. The Hall–Kier alpha value is -3.02. The zero-order chi connectivity index (χ0) is 16.1. The SMILES string of the molecule is COc1ccc(-c2[nH]ncc2CNc2ccc(OC)nc2)cc1. The Balaban J connectivity index is 1.72. The Morgan fingerprint density at radius 1 is 1.00 bits per heavy atom. The number of ether oxygens (including phenoxy) is 2. The van der Waals surface area contributed by atoms with Gasteiger partial charge < -0.3 is 14.8 Å². The van der Waals surface area contributed by atoms with Crippen molar-refractivity contribution in [1.82, 2.24) is 15.2 Å². The summed E-state index contributed by atoms with van der Waals surface area (Å²) in [6.45, 7) is 0.645. The quantitative estimate of drug-likeness (QED) is 0.732. The molecule has 6 nitrogen and oxygen atoms in total. The molecule has 0 aliphatic carbocycles. The lowest BCUT2D eigenvalue weighted by Gasteiger charge is -2.08. The molecule has 0 atom stereocenters. The third-order valence-corrected chi connectivity index (χ3v) is 3.52. The molecule has 2 heterocycles. The molecular weight excluding hydrogens is 292 g/mol. The van der Waals surface area contributed by atoms with Gasteiger partial charge in [-0.25, -0.2) is 4.98 Å². The van der Waals surface area contributed by atoms with Gasteiger partial charge in [-0.1, -0.05) is 0 Å². The number of hydrogen-bond donors (Lipinski definition) is 2. The highest BCUT2D eigenvalue weighted by Crippen LogP contribution is 2.24. The molecule has 1 aromatic carbocycles. The zero-order valence-corrected chi connectivity index (χ0v) is 13.0. The molecule has 0 saturated heterocycles. The van der Waals surface area contributed by atoms with Crippen molar-refractivity contribution in [2.24, 2.45) is 0 Å². The number of hydrogen-bond acceptors (Lipinski definition) is 5. The van der Waals surface area contributed by atoms with Crippen molar-refractivity contribution in [3.8, 4) is 22.9 Å². The summed E-state index contributed by atoms with van der Waals surface area (Å²) < 4.78 is 10.2. The van der Waals surface area contributed by atoms with E-state index >= 15 is 0 Å².